The third kappa shape index (κ3) is 8.07. The fourth-order valence-corrected chi connectivity index (χ4v) is 1.69. The van der Waals surface area contributed by atoms with Crippen molar-refractivity contribution in [3.63, 3.8) is 0 Å². The molecule has 0 spiro atoms. The Morgan fingerprint density at radius 2 is 1.80 bits per heavy atom. The number of hydrogen-bond donors (Lipinski definition) is 1. The normalized spacial score (nSPS) is 11.3. The molecule has 0 atom stereocenters. The highest BCUT2D eigenvalue weighted by atomic mass is 19.3. The molecule has 1 aromatic carbocycles. The van der Waals surface area contributed by atoms with Crippen molar-refractivity contribution >= 4 is 0 Å². The summed E-state index contributed by atoms with van der Waals surface area (Å²) in [5.41, 5.74) is 1.05. The van der Waals surface area contributed by atoms with Crippen LogP contribution in [0.25, 0.3) is 0 Å². The molecular formula is C15H23F2NO2. The van der Waals surface area contributed by atoms with Gasteiger partial charge in [0, 0.05) is 13.2 Å². The molecule has 0 bridgehead atoms. The molecule has 0 aliphatic heterocycles. The SMILES string of the molecule is CC(C)OCCCCNCc1ccc(OC(F)F)cc1. The summed E-state index contributed by atoms with van der Waals surface area (Å²) in [5, 5.41) is 3.31. The number of alkyl halides is 2. The van der Waals surface area contributed by atoms with E-state index in [2.05, 4.69) is 10.1 Å². The topological polar surface area (TPSA) is 30.5 Å². The van der Waals surface area contributed by atoms with Gasteiger partial charge >= 0.3 is 6.61 Å². The van der Waals surface area contributed by atoms with Gasteiger partial charge in [-0.3, -0.25) is 0 Å². The van der Waals surface area contributed by atoms with E-state index in [9.17, 15) is 8.78 Å². The van der Waals surface area contributed by atoms with Gasteiger partial charge in [0.05, 0.1) is 6.10 Å². The summed E-state index contributed by atoms with van der Waals surface area (Å²) < 4.78 is 33.7. The molecule has 1 N–H and O–H groups in total. The maximum atomic E-state index is 12.0. The van der Waals surface area contributed by atoms with Crippen molar-refractivity contribution in [2.75, 3.05) is 13.2 Å². The van der Waals surface area contributed by atoms with Crippen LogP contribution in [-0.2, 0) is 11.3 Å². The molecule has 0 aliphatic rings. The lowest BCUT2D eigenvalue weighted by atomic mass is 10.2. The van der Waals surface area contributed by atoms with Crippen LogP contribution in [0.4, 0.5) is 8.78 Å². The molecule has 0 heterocycles. The molecule has 3 nitrogen and oxygen atoms in total. The standard InChI is InChI=1S/C15H23F2NO2/c1-12(2)19-10-4-3-9-18-11-13-5-7-14(8-6-13)20-15(16)17/h5-8,12,15,18H,3-4,9-11H2,1-2H3. The lowest BCUT2D eigenvalue weighted by Crippen LogP contribution is -2.15. The minimum Gasteiger partial charge on any atom is -0.435 e. The van der Waals surface area contributed by atoms with E-state index < -0.39 is 6.61 Å². The molecule has 114 valence electrons. The van der Waals surface area contributed by atoms with E-state index in [-0.39, 0.29) is 11.9 Å². The van der Waals surface area contributed by atoms with Crippen molar-refractivity contribution in [2.24, 2.45) is 0 Å². The first kappa shape index (κ1) is 16.9. The number of hydrogen-bond acceptors (Lipinski definition) is 3. The fraction of sp³-hybridized carbons (Fsp3) is 0.600. The first-order valence-corrected chi connectivity index (χ1v) is 6.94. The second-order valence-corrected chi connectivity index (χ2v) is 4.83. The second kappa shape index (κ2) is 9.66. The Labute approximate surface area is 119 Å². The van der Waals surface area contributed by atoms with Crippen LogP contribution in [0.1, 0.15) is 32.3 Å². The predicted molar refractivity (Wildman–Crippen MR) is 75.1 cm³/mol. The summed E-state index contributed by atoms with van der Waals surface area (Å²) in [4.78, 5) is 0. The zero-order valence-electron chi connectivity index (χ0n) is 12.1. The van der Waals surface area contributed by atoms with Crippen molar-refractivity contribution in [2.45, 2.75) is 45.9 Å². The van der Waals surface area contributed by atoms with Crippen molar-refractivity contribution < 1.29 is 18.3 Å². The average molecular weight is 287 g/mol. The number of ether oxygens (including phenoxy) is 2. The van der Waals surface area contributed by atoms with Crippen LogP contribution in [0.5, 0.6) is 5.75 Å². The van der Waals surface area contributed by atoms with Crippen LogP contribution in [-0.4, -0.2) is 25.9 Å². The smallest absolute Gasteiger partial charge is 0.387 e. The van der Waals surface area contributed by atoms with Gasteiger partial charge in [-0.25, -0.2) is 0 Å². The molecule has 0 saturated heterocycles. The number of halogens is 2. The van der Waals surface area contributed by atoms with Gasteiger partial charge in [0.25, 0.3) is 0 Å². The Morgan fingerprint density at radius 3 is 2.40 bits per heavy atom. The van der Waals surface area contributed by atoms with Gasteiger partial charge in [-0.15, -0.1) is 0 Å². The van der Waals surface area contributed by atoms with Crippen LogP contribution in [0.15, 0.2) is 24.3 Å². The maximum absolute atomic E-state index is 12.0. The third-order valence-electron chi connectivity index (χ3n) is 2.68. The van der Waals surface area contributed by atoms with Gasteiger partial charge in [0.2, 0.25) is 0 Å². The van der Waals surface area contributed by atoms with E-state index in [0.29, 0.717) is 0 Å². The van der Waals surface area contributed by atoms with Gasteiger partial charge in [-0.05, 0) is 50.9 Å². The van der Waals surface area contributed by atoms with Crippen LogP contribution in [0, 0.1) is 0 Å². The lowest BCUT2D eigenvalue weighted by molar-refractivity contribution is -0.0498. The number of benzene rings is 1. The van der Waals surface area contributed by atoms with E-state index in [1.54, 1.807) is 24.3 Å². The predicted octanol–water partition coefficient (Wildman–Crippen LogP) is 3.58. The molecule has 20 heavy (non-hydrogen) atoms. The van der Waals surface area contributed by atoms with Gasteiger partial charge in [-0.1, -0.05) is 12.1 Å². The minimum absolute atomic E-state index is 0.189. The number of rotatable bonds is 10. The highest BCUT2D eigenvalue weighted by molar-refractivity contribution is 5.27. The maximum Gasteiger partial charge on any atom is 0.387 e. The van der Waals surface area contributed by atoms with Crippen molar-refractivity contribution in [1.82, 2.24) is 5.32 Å². The van der Waals surface area contributed by atoms with Crippen molar-refractivity contribution in [3.8, 4) is 5.75 Å². The van der Waals surface area contributed by atoms with E-state index in [1.165, 1.54) is 0 Å². The lowest BCUT2D eigenvalue weighted by Gasteiger charge is -2.08. The molecule has 0 aliphatic carbocycles. The molecule has 1 rings (SSSR count). The quantitative estimate of drug-likeness (QED) is 0.667. The molecule has 1 aromatic rings. The van der Waals surface area contributed by atoms with Crippen LogP contribution >= 0.6 is 0 Å². The number of nitrogens with one attached hydrogen (secondary N) is 1. The van der Waals surface area contributed by atoms with Gasteiger partial charge in [0.1, 0.15) is 5.75 Å². The molecule has 0 aromatic heterocycles. The summed E-state index contributed by atoms with van der Waals surface area (Å²) >= 11 is 0. The highest BCUT2D eigenvalue weighted by Crippen LogP contribution is 2.14. The zero-order chi connectivity index (χ0) is 14.8. The van der Waals surface area contributed by atoms with Gasteiger partial charge in [-0.2, -0.15) is 8.78 Å². The van der Waals surface area contributed by atoms with E-state index in [4.69, 9.17) is 4.74 Å². The third-order valence-corrected chi connectivity index (χ3v) is 2.68. The average Bonchev–Trinajstić information content (AvgIpc) is 2.38. The second-order valence-electron chi connectivity index (χ2n) is 4.83. The first-order valence-electron chi connectivity index (χ1n) is 6.94. The Hall–Kier alpha value is -1.20. The summed E-state index contributed by atoms with van der Waals surface area (Å²) in [6, 6.07) is 6.68. The summed E-state index contributed by atoms with van der Waals surface area (Å²) in [6.07, 6.45) is 2.38. The molecular weight excluding hydrogens is 264 g/mol. The molecule has 0 unspecified atom stereocenters. The van der Waals surface area contributed by atoms with Gasteiger partial charge < -0.3 is 14.8 Å². The monoisotopic (exact) mass is 287 g/mol. The first-order chi connectivity index (χ1) is 9.58. The van der Waals surface area contributed by atoms with Crippen LogP contribution < -0.4 is 10.1 Å². The minimum atomic E-state index is -2.77. The van der Waals surface area contributed by atoms with Gasteiger partial charge in [0.15, 0.2) is 0 Å². The van der Waals surface area contributed by atoms with E-state index >= 15 is 0 Å². The summed E-state index contributed by atoms with van der Waals surface area (Å²) in [6.45, 7) is 3.71. The summed E-state index contributed by atoms with van der Waals surface area (Å²) in [7, 11) is 0. The summed E-state index contributed by atoms with van der Waals surface area (Å²) in [5.74, 6) is 0.189. The highest BCUT2D eigenvalue weighted by Gasteiger charge is 2.03. The van der Waals surface area contributed by atoms with Crippen LogP contribution in [0.2, 0.25) is 0 Å². The Balaban J connectivity index is 2.10. The van der Waals surface area contributed by atoms with Crippen molar-refractivity contribution in [3.05, 3.63) is 29.8 Å². The molecule has 0 saturated carbocycles. The molecule has 0 radical (unpaired) electrons. The van der Waals surface area contributed by atoms with Crippen LogP contribution in [0.3, 0.4) is 0 Å². The van der Waals surface area contributed by atoms with E-state index in [1.807, 2.05) is 13.8 Å². The zero-order valence-corrected chi connectivity index (χ0v) is 12.1. The Bertz CT molecular complexity index is 355. The number of unbranched alkanes of at least 4 members (excludes halogenated alkanes) is 1. The Morgan fingerprint density at radius 1 is 1.10 bits per heavy atom. The molecule has 5 heteroatoms. The molecule has 0 fully saturated rings. The van der Waals surface area contributed by atoms with Crippen molar-refractivity contribution in [1.29, 1.82) is 0 Å². The largest absolute Gasteiger partial charge is 0.435 e. The van der Waals surface area contributed by atoms with E-state index in [0.717, 1.165) is 38.1 Å². The molecule has 0 amide bonds. The Kier molecular flexibility index (Phi) is 8.14. The fourth-order valence-electron chi connectivity index (χ4n) is 1.69.